The molecule has 0 atom stereocenters. The topological polar surface area (TPSA) is 43.9 Å². The van der Waals surface area contributed by atoms with Crippen LogP contribution in [0, 0.1) is 11.7 Å². The monoisotopic (exact) mass is 433 g/mol. The van der Waals surface area contributed by atoms with E-state index in [-0.39, 0.29) is 23.5 Å². The van der Waals surface area contributed by atoms with E-state index in [1.807, 2.05) is 23.6 Å². The Bertz CT molecular complexity index is 670. The second kappa shape index (κ2) is 13.5. The Morgan fingerprint density at radius 2 is 1.65 bits per heavy atom. The van der Waals surface area contributed by atoms with Crippen LogP contribution in [-0.4, -0.2) is 65.8 Å². The highest BCUT2D eigenvalue weighted by molar-refractivity contribution is 5.78. The summed E-state index contributed by atoms with van der Waals surface area (Å²) in [6.45, 7) is 11.2. The summed E-state index contributed by atoms with van der Waals surface area (Å²) in [5.74, 6) is 0.171. The summed E-state index contributed by atoms with van der Waals surface area (Å²) in [5.41, 5.74) is 0.952. The molecule has 0 aromatic heterocycles. The van der Waals surface area contributed by atoms with Gasteiger partial charge in [-0.1, -0.05) is 58.6 Å². The Hall–Kier alpha value is -1.95. The average Bonchev–Trinajstić information content (AvgIpc) is 2.77. The molecule has 1 aliphatic heterocycles. The predicted octanol–water partition coefficient (Wildman–Crippen LogP) is 4.32. The molecule has 6 heteroatoms. The first-order valence-corrected chi connectivity index (χ1v) is 11.9. The Balaban J connectivity index is 1.87. The van der Waals surface area contributed by atoms with Crippen LogP contribution in [0.1, 0.15) is 64.9 Å². The van der Waals surface area contributed by atoms with E-state index in [0.717, 1.165) is 51.1 Å². The molecule has 0 unspecified atom stereocenters. The summed E-state index contributed by atoms with van der Waals surface area (Å²) < 4.78 is 13.3. The number of amides is 2. The normalized spacial score (nSPS) is 14.8. The molecule has 1 aromatic rings. The van der Waals surface area contributed by atoms with Gasteiger partial charge in [0.05, 0.1) is 0 Å². The van der Waals surface area contributed by atoms with Crippen molar-refractivity contribution in [3.63, 3.8) is 0 Å². The van der Waals surface area contributed by atoms with Crippen LogP contribution < -0.4 is 0 Å². The first-order chi connectivity index (χ1) is 14.9. The first-order valence-electron chi connectivity index (χ1n) is 11.9. The molecule has 31 heavy (non-hydrogen) atoms. The van der Waals surface area contributed by atoms with Crippen LogP contribution in [0.2, 0.25) is 0 Å². The third-order valence-corrected chi connectivity index (χ3v) is 6.00. The van der Waals surface area contributed by atoms with Crippen LogP contribution in [0.4, 0.5) is 4.39 Å². The molecule has 1 aromatic carbocycles. The van der Waals surface area contributed by atoms with Crippen LogP contribution in [0.5, 0.6) is 0 Å². The second-order valence-corrected chi connectivity index (χ2v) is 8.93. The fourth-order valence-corrected chi connectivity index (χ4v) is 3.96. The molecule has 174 valence electrons. The summed E-state index contributed by atoms with van der Waals surface area (Å²) in [6, 6.07) is 6.42. The third kappa shape index (κ3) is 8.98. The minimum absolute atomic E-state index is 0.0349. The highest BCUT2D eigenvalue weighted by atomic mass is 19.1. The molecule has 0 aliphatic carbocycles. The maximum Gasteiger partial charge on any atom is 0.225 e. The number of rotatable bonds is 12. The molecular weight excluding hydrogens is 393 g/mol. The fourth-order valence-electron chi connectivity index (χ4n) is 3.96. The number of carbonyl (C=O) groups is 2. The van der Waals surface area contributed by atoms with Crippen molar-refractivity contribution >= 4 is 11.8 Å². The largest absolute Gasteiger partial charge is 0.340 e. The van der Waals surface area contributed by atoms with Gasteiger partial charge in [-0.15, -0.1) is 0 Å². The van der Waals surface area contributed by atoms with Crippen molar-refractivity contribution in [2.75, 3.05) is 39.3 Å². The minimum Gasteiger partial charge on any atom is -0.340 e. The molecular formula is C25H40FN3O2. The van der Waals surface area contributed by atoms with Crippen molar-refractivity contribution in [1.29, 1.82) is 0 Å². The molecule has 1 heterocycles. The van der Waals surface area contributed by atoms with Gasteiger partial charge in [0.15, 0.2) is 0 Å². The van der Waals surface area contributed by atoms with Gasteiger partial charge < -0.3 is 9.80 Å². The van der Waals surface area contributed by atoms with E-state index in [4.69, 9.17) is 0 Å². The van der Waals surface area contributed by atoms with Gasteiger partial charge in [0.2, 0.25) is 11.8 Å². The SMILES string of the molecule is CCCCCCCC(=O)N(CCN1CCN(C(=O)C(C)C)CC1)Cc1ccc(F)cc1. The molecule has 0 spiro atoms. The number of halogens is 1. The third-order valence-electron chi connectivity index (χ3n) is 6.00. The second-order valence-electron chi connectivity index (χ2n) is 8.93. The summed E-state index contributed by atoms with van der Waals surface area (Å²) in [6.07, 6.45) is 6.19. The standard InChI is InChI=1S/C25H40FN3O2/c1-4-5-6-7-8-9-24(30)29(20-22-10-12-23(26)13-11-22)19-16-27-14-17-28(18-15-27)25(31)21(2)3/h10-13,21H,4-9,14-20H2,1-3H3. The Kier molecular flexibility index (Phi) is 11.0. The number of hydrogen-bond donors (Lipinski definition) is 0. The number of unbranched alkanes of at least 4 members (excludes halogenated alkanes) is 4. The maximum atomic E-state index is 13.3. The van der Waals surface area contributed by atoms with Gasteiger partial charge >= 0.3 is 0 Å². The van der Waals surface area contributed by atoms with E-state index in [0.29, 0.717) is 19.5 Å². The predicted molar refractivity (Wildman–Crippen MR) is 123 cm³/mol. The van der Waals surface area contributed by atoms with E-state index in [9.17, 15) is 14.0 Å². The highest BCUT2D eigenvalue weighted by Crippen LogP contribution is 2.13. The minimum atomic E-state index is -0.258. The molecule has 2 rings (SSSR count). The van der Waals surface area contributed by atoms with Gasteiger partial charge in [0.25, 0.3) is 0 Å². The van der Waals surface area contributed by atoms with Gasteiger partial charge in [-0.3, -0.25) is 14.5 Å². The Morgan fingerprint density at radius 3 is 2.26 bits per heavy atom. The van der Waals surface area contributed by atoms with Crippen molar-refractivity contribution in [3.05, 3.63) is 35.6 Å². The summed E-state index contributed by atoms with van der Waals surface area (Å²) in [7, 11) is 0. The quantitative estimate of drug-likeness (QED) is 0.461. The van der Waals surface area contributed by atoms with Crippen molar-refractivity contribution in [1.82, 2.24) is 14.7 Å². The fraction of sp³-hybridized carbons (Fsp3) is 0.680. The zero-order valence-corrected chi connectivity index (χ0v) is 19.6. The summed E-state index contributed by atoms with van der Waals surface area (Å²) >= 11 is 0. The summed E-state index contributed by atoms with van der Waals surface area (Å²) in [5, 5.41) is 0. The molecule has 1 fully saturated rings. The molecule has 5 nitrogen and oxygen atoms in total. The zero-order chi connectivity index (χ0) is 22.6. The van der Waals surface area contributed by atoms with Crippen LogP contribution in [-0.2, 0) is 16.1 Å². The van der Waals surface area contributed by atoms with Crippen molar-refractivity contribution in [2.24, 2.45) is 5.92 Å². The van der Waals surface area contributed by atoms with Gasteiger partial charge in [-0.25, -0.2) is 4.39 Å². The van der Waals surface area contributed by atoms with Gasteiger partial charge in [0.1, 0.15) is 5.82 Å². The molecule has 0 bridgehead atoms. The van der Waals surface area contributed by atoms with Crippen LogP contribution in [0.25, 0.3) is 0 Å². The average molecular weight is 434 g/mol. The summed E-state index contributed by atoms with van der Waals surface area (Å²) in [4.78, 5) is 31.3. The van der Waals surface area contributed by atoms with Crippen LogP contribution >= 0.6 is 0 Å². The van der Waals surface area contributed by atoms with Crippen molar-refractivity contribution < 1.29 is 14.0 Å². The van der Waals surface area contributed by atoms with Crippen LogP contribution in [0.3, 0.4) is 0 Å². The number of benzene rings is 1. The van der Waals surface area contributed by atoms with E-state index in [1.165, 1.54) is 31.4 Å². The van der Waals surface area contributed by atoms with Gasteiger partial charge in [0, 0.05) is 58.2 Å². The van der Waals surface area contributed by atoms with Gasteiger partial charge in [-0.05, 0) is 24.1 Å². The van der Waals surface area contributed by atoms with E-state index in [1.54, 1.807) is 12.1 Å². The first kappa shape index (κ1) is 25.3. The lowest BCUT2D eigenvalue weighted by molar-refractivity contribution is -0.136. The van der Waals surface area contributed by atoms with Crippen molar-refractivity contribution in [3.8, 4) is 0 Å². The maximum absolute atomic E-state index is 13.3. The van der Waals surface area contributed by atoms with E-state index < -0.39 is 0 Å². The molecule has 0 saturated carbocycles. The highest BCUT2D eigenvalue weighted by Gasteiger charge is 2.23. The lowest BCUT2D eigenvalue weighted by atomic mass is 10.1. The molecule has 1 aliphatic rings. The number of piperazine rings is 1. The molecule has 0 radical (unpaired) electrons. The molecule has 2 amide bonds. The molecule has 1 saturated heterocycles. The van der Waals surface area contributed by atoms with E-state index >= 15 is 0 Å². The number of nitrogens with zero attached hydrogens (tertiary/aromatic N) is 3. The van der Waals surface area contributed by atoms with Crippen LogP contribution in [0.15, 0.2) is 24.3 Å². The lowest BCUT2D eigenvalue weighted by Crippen LogP contribution is -2.51. The Labute approximate surface area is 187 Å². The smallest absolute Gasteiger partial charge is 0.225 e. The zero-order valence-electron chi connectivity index (χ0n) is 19.6. The lowest BCUT2D eigenvalue weighted by Gasteiger charge is -2.36. The number of hydrogen-bond acceptors (Lipinski definition) is 3. The molecule has 0 N–H and O–H groups in total. The Morgan fingerprint density at radius 1 is 1.00 bits per heavy atom. The number of carbonyl (C=O) groups excluding carboxylic acids is 2. The van der Waals surface area contributed by atoms with Gasteiger partial charge in [-0.2, -0.15) is 0 Å². The van der Waals surface area contributed by atoms with E-state index in [2.05, 4.69) is 11.8 Å². The van der Waals surface area contributed by atoms with Crippen molar-refractivity contribution in [2.45, 2.75) is 65.8 Å².